The van der Waals surface area contributed by atoms with E-state index in [1.165, 1.54) is 13.3 Å². The van der Waals surface area contributed by atoms with Crippen LogP contribution in [0, 0.1) is 0 Å². The molecule has 0 radical (unpaired) electrons. The first-order valence-corrected chi connectivity index (χ1v) is 7.69. The van der Waals surface area contributed by atoms with Crippen LogP contribution in [0.2, 0.25) is 10.0 Å². The first kappa shape index (κ1) is 17.6. The van der Waals surface area contributed by atoms with Crippen molar-refractivity contribution in [1.82, 2.24) is 0 Å². The van der Waals surface area contributed by atoms with Crippen LogP contribution in [-0.2, 0) is 16.1 Å². The zero-order valence-corrected chi connectivity index (χ0v) is 14.1. The van der Waals surface area contributed by atoms with Crippen LogP contribution in [0.5, 0.6) is 5.75 Å². The highest BCUT2D eigenvalue weighted by molar-refractivity contribution is 7.91. The number of ether oxygens (including phenoxy) is 2. The summed E-state index contributed by atoms with van der Waals surface area (Å²) in [6.07, 6.45) is 1.42. The molecule has 1 rings (SSSR count). The van der Waals surface area contributed by atoms with Crippen LogP contribution in [0.1, 0.15) is 26.3 Å². The van der Waals surface area contributed by atoms with Crippen molar-refractivity contribution < 1.29 is 14.0 Å². The average Bonchev–Trinajstić information content (AvgIpc) is 2.37. The van der Waals surface area contributed by atoms with Crippen LogP contribution >= 0.6 is 23.2 Å². The van der Waals surface area contributed by atoms with Gasteiger partial charge in [0, 0.05) is 7.11 Å². The van der Waals surface area contributed by atoms with Gasteiger partial charge in [0.1, 0.15) is 21.9 Å². The fourth-order valence-corrected chi connectivity index (χ4v) is 2.06. The van der Waals surface area contributed by atoms with Crippen LogP contribution in [-0.4, -0.2) is 29.4 Å². The number of benzene rings is 1. The highest BCUT2D eigenvalue weighted by Crippen LogP contribution is 2.32. The molecule has 1 aromatic rings. The first-order chi connectivity index (χ1) is 9.27. The quantitative estimate of drug-likeness (QED) is 0.465. The Labute approximate surface area is 132 Å². The highest BCUT2D eigenvalue weighted by Gasteiger charge is 2.26. The van der Waals surface area contributed by atoms with Gasteiger partial charge in [-0.05, 0) is 32.9 Å². The van der Waals surface area contributed by atoms with Crippen molar-refractivity contribution in [3.63, 3.8) is 0 Å². The minimum Gasteiger partial charge on any atom is -0.591 e. The normalized spacial score (nSPS) is 13.8. The van der Waals surface area contributed by atoms with Gasteiger partial charge < -0.3 is 14.0 Å². The summed E-state index contributed by atoms with van der Waals surface area (Å²) in [5.74, 6) is 0.468. The minimum absolute atomic E-state index is 0.0706. The van der Waals surface area contributed by atoms with E-state index in [4.69, 9.17) is 32.7 Å². The van der Waals surface area contributed by atoms with E-state index in [0.717, 1.165) is 0 Å². The number of rotatable bonds is 5. The number of halogens is 2. The second-order valence-corrected chi connectivity index (χ2v) is 7.64. The molecule has 1 aromatic carbocycles. The van der Waals surface area contributed by atoms with Gasteiger partial charge in [-0.1, -0.05) is 27.6 Å². The van der Waals surface area contributed by atoms with E-state index in [1.807, 2.05) is 20.8 Å². The first-order valence-electron chi connectivity index (χ1n) is 5.83. The van der Waals surface area contributed by atoms with E-state index in [-0.39, 0.29) is 6.79 Å². The average molecular weight is 338 g/mol. The lowest BCUT2D eigenvalue weighted by molar-refractivity contribution is 0.0510. The van der Waals surface area contributed by atoms with Crippen LogP contribution < -0.4 is 4.74 Å². The Balaban J connectivity index is 3.08. The van der Waals surface area contributed by atoms with Gasteiger partial charge in [0.05, 0.1) is 21.8 Å². The van der Waals surface area contributed by atoms with Gasteiger partial charge in [-0.15, -0.1) is 0 Å². The van der Waals surface area contributed by atoms with Crippen molar-refractivity contribution in [3.05, 3.63) is 27.7 Å². The second kappa shape index (κ2) is 7.52. The molecule has 0 aliphatic heterocycles. The van der Waals surface area contributed by atoms with E-state index in [2.05, 4.69) is 4.40 Å². The van der Waals surface area contributed by atoms with E-state index < -0.39 is 16.1 Å². The zero-order valence-electron chi connectivity index (χ0n) is 11.8. The maximum absolute atomic E-state index is 11.9. The summed E-state index contributed by atoms with van der Waals surface area (Å²) in [6, 6.07) is 3.28. The van der Waals surface area contributed by atoms with Crippen molar-refractivity contribution in [3.8, 4) is 5.75 Å². The predicted molar refractivity (Wildman–Crippen MR) is 84.5 cm³/mol. The molecule has 20 heavy (non-hydrogen) atoms. The molecular formula is C13H17Cl2NO3S. The third-order valence-corrected chi connectivity index (χ3v) is 4.39. The van der Waals surface area contributed by atoms with Crippen LogP contribution in [0.4, 0.5) is 0 Å². The molecule has 0 aromatic heterocycles. The fraction of sp³-hybridized carbons (Fsp3) is 0.462. The van der Waals surface area contributed by atoms with Gasteiger partial charge in [-0.3, -0.25) is 0 Å². The summed E-state index contributed by atoms with van der Waals surface area (Å²) < 4.78 is 25.7. The molecule has 7 heteroatoms. The Bertz CT molecular complexity index is 489. The van der Waals surface area contributed by atoms with E-state index in [9.17, 15) is 4.55 Å². The summed E-state index contributed by atoms with van der Waals surface area (Å²) >= 11 is 10.7. The molecule has 0 saturated carbocycles. The third kappa shape index (κ3) is 4.82. The molecule has 112 valence electrons. The number of hydrogen-bond donors (Lipinski definition) is 0. The monoisotopic (exact) mass is 337 g/mol. The van der Waals surface area contributed by atoms with Gasteiger partial charge in [-0.2, -0.15) is 0 Å². The standard InChI is InChI=1S/C13H17Cl2NO3S/c1-13(2,3)20(17)16-7-9-11(19-8-18-4)6-5-10(14)12(9)15/h5-7H,8H2,1-4H3/b16-7+/t20-/m0/s1. The van der Waals surface area contributed by atoms with Gasteiger partial charge in [-0.25, -0.2) is 0 Å². The molecule has 0 saturated heterocycles. The Hall–Kier alpha value is -0.460. The predicted octanol–water partition coefficient (Wildman–Crippen LogP) is 3.86. The van der Waals surface area contributed by atoms with Gasteiger partial charge >= 0.3 is 0 Å². The van der Waals surface area contributed by atoms with E-state index in [0.29, 0.717) is 21.4 Å². The Morgan fingerprint density at radius 1 is 1.35 bits per heavy atom. The largest absolute Gasteiger partial charge is 0.591 e. The van der Waals surface area contributed by atoms with Crippen LogP contribution in [0.15, 0.2) is 16.5 Å². The molecule has 0 bridgehead atoms. The third-order valence-electron chi connectivity index (χ3n) is 2.23. The topological polar surface area (TPSA) is 53.9 Å². The number of methoxy groups -OCH3 is 1. The Morgan fingerprint density at radius 2 is 2.00 bits per heavy atom. The summed E-state index contributed by atoms with van der Waals surface area (Å²) in [5, 5.41) is 0.675. The van der Waals surface area contributed by atoms with Crippen molar-refractivity contribution in [2.75, 3.05) is 13.9 Å². The number of hydrogen-bond acceptors (Lipinski definition) is 4. The maximum atomic E-state index is 11.9. The molecule has 0 aliphatic carbocycles. The molecule has 0 amide bonds. The summed E-state index contributed by atoms with van der Waals surface area (Å²) in [7, 11) is 1.51. The Kier molecular flexibility index (Phi) is 6.61. The van der Waals surface area contributed by atoms with Crippen molar-refractivity contribution in [2.24, 2.45) is 4.40 Å². The molecule has 0 heterocycles. The Morgan fingerprint density at radius 3 is 2.55 bits per heavy atom. The summed E-state index contributed by atoms with van der Waals surface area (Å²) in [5.41, 5.74) is 0.480. The van der Waals surface area contributed by atoms with Crippen LogP contribution in [0.25, 0.3) is 0 Å². The molecule has 0 fully saturated rings. The molecular weight excluding hydrogens is 321 g/mol. The van der Waals surface area contributed by atoms with Crippen molar-refractivity contribution >= 4 is 40.8 Å². The maximum Gasteiger partial charge on any atom is 0.188 e. The van der Waals surface area contributed by atoms with Crippen LogP contribution in [0.3, 0.4) is 0 Å². The molecule has 4 nitrogen and oxygen atoms in total. The summed E-state index contributed by atoms with van der Waals surface area (Å²) in [6.45, 7) is 5.58. The highest BCUT2D eigenvalue weighted by atomic mass is 35.5. The van der Waals surface area contributed by atoms with Gasteiger partial charge in [0.15, 0.2) is 6.79 Å². The molecule has 0 N–H and O–H groups in total. The fourth-order valence-electron chi connectivity index (χ4n) is 1.18. The molecule has 0 unspecified atom stereocenters. The number of nitrogens with zero attached hydrogens (tertiary/aromatic N) is 1. The minimum atomic E-state index is -1.39. The van der Waals surface area contributed by atoms with Crippen molar-refractivity contribution in [1.29, 1.82) is 0 Å². The van der Waals surface area contributed by atoms with Crippen molar-refractivity contribution in [2.45, 2.75) is 25.5 Å². The second-order valence-electron chi connectivity index (χ2n) is 4.92. The smallest absolute Gasteiger partial charge is 0.188 e. The lowest BCUT2D eigenvalue weighted by Gasteiger charge is -2.18. The zero-order chi connectivity index (χ0) is 15.3. The lowest BCUT2D eigenvalue weighted by Crippen LogP contribution is -2.25. The van der Waals surface area contributed by atoms with Gasteiger partial charge in [0.2, 0.25) is 0 Å². The van der Waals surface area contributed by atoms with E-state index >= 15 is 0 Å². The molecule has 1 atom stereocenters. The van der Waals surface area contributed by atoms with Gasteiger partial charge in [0.25, 0.3) is 0 Å². The lowest BCUT2D eigenvalue weighted by atomic mass is 10.2. The SMILES string of the molecule is COCOc1ccc(Cl)c(Cl)c1/C=N/[S@@+]([O-])C(C)(C)C. The molecule has 0 spiro atoms. The summed E-state index contributed by atoms with van der Waals surface area (Å²) in [4.78, 5) is 0. The molecule has 0 aliphatic rings. The van der Waals surface area contributed by atoms with E-state index in [1.54, 1.807) is 12.1 Å².